The van der Waals surface area contributed by atoms with E-state index in [4.69, 9.17) is 14.7 Å². The summed E-state index contributed by atoms with van der Waals surface area (Å²) in [6.45, 7) is 0. The van der Waals surface area contributed by atoms with Crippen molar-refractivity contribution in [2.45, 2.75) is 0 Å². The Bertz CT molecular complexity index is 2040. The van der Waals surface area contributed by atoms with Crippen LogP contribution in [0.2, 0.25) is 0 Å². The van der Waals surface area contributed by atoms with E-state index in [-0.39, 0.29) is 0 Å². The van der Waals surface area contributed by atoms with Crippen LogP contribution in [-0.4, -0.2) is 9.97 Å². The normalized spacial score (nSPS) is 11.4. The average molecular weight is 551 g/mol. The predicted octanol–water partition coefficient (Wildman–Crippen LogP) is 10.6. The van der Waals surface area contributed by atoms with Crippen LogP contribution in [0.25, 0.3) is 67.3 Å². The van der Waals surface area contributed by atoms with Gasteiger partial charge in [0, 0.05) is 27.8 Å². The molecule has 3 heteroatoms. The van der Waals surface area contributed by atoms with Crippen LogP contribution in [0.4, 0.5) is 0 Å². The molecule has 0 aliphatic carbocycles. The summed E-state index contributed by atoms with van der Waals surface area (Å²) in [7, 11) is 0. The molecule has 0 saturated carbocycles. The molecular weight excluding hydrogens is 524 g/mol. The van der Waals surface area contributed by atoms with Crippen LogP contribution in [0.3, 0.4) is 0 Å². The van der Waals surface area contributed by atoms with Gasteiger partial charge in [0.05, 0.1) is 11.4 Å². The summed E-state index contributed by atoms with van der Waals surface area (Å²) in [5.74, 6) is 2.45. The van der Waals surface area contributed by atoms with Crippen LogP contribution in [0.5, 0.6) is 11.5 Å². The molecule has 43 heavy (non-hydrogen) atoms. The highest BCUT2D eigenvalue weighted by atomic mass is 16.5. The Morgan fingerprint density at radius 2 is 0.860 bits per heavy atom. The van der Waals surface area contributed by atoms with E-state index in [0.717, 1.165) is 73.0 Å². The zero-order chi connectivity index (χ0) is 28.6. The van der Waals surface area contributed by atoms with Crippen molar-refractivity contribution in [1.29, 1.82) is 0 Å². The molecule has 8 rings (SSSR count). The lowest BCUT2D eigenvalue weighted by Gasteiger charge is -2.13. The van der Waals surface area contributed by atoms with Crippen LogP contribution in [-0.2, 0) is 0 Å². The van der Waals surface area contributed by atoms with Gasteiger partial charge in [-0.25, -0.2) is 9.97 Å². The lowest BCUT2D eigenvalue weighted by Crippen LogP contribution is -1.96. The molecule has 0 spiro atoms. The van der Waals surface area contributed by atoms with Gasteiger partial charge in [0.25, 0.3) is 0 Å². The molecule has 2 heterocycles. The lowest BCUT2D eigenvalue weighted by molar-refractivity contribution is 0.488. The molecule has 0 bridgehead atoms. The largest absolute Gasteiger partial charge is 0.456 e. The van der Waals surface area contributed by atoms with Gasteiger partial charge in [0.1, 0.15) is 11.5 Å². The highest BCUT2D eigenvalue weighted by molar-refractivity contribution is 5.93. The lowest BCUT2D eigenvalue weighted by atomic mass is 9.90. The zero-order valence-electron chi connectivity index (χ0n) is 23.3. The van der Waals surface area contributed by atoms with Crippen molar-refractivity contribution in [3.63, 3.8) is 0 Å². The first-order chi connectivity index (χ1) is 21.3. The zero-order valence-corrected chi connectivity index (χ0v) is 23.3. The van der Waals surface area contributed by atoms with Crippen molar-refractivity contribution < 1.29 is 4.74 Å². The maximum atomic E-state index is 6.39. The molecular formula is C40H26N2O. The van der Waals surface area contributed by atoms with Crippen LogP contribution in [0.1, 0.15) is 0 Å². The van der Waals surface area contributed by atoms with E-state index in [1.165, 1.54) is 0 Å². The van der Waals surface area contributed by atoms with E-state index >= 15 is 0 Å². The third kappa shape index (κ3) is 4.67. The first-order valence-corrected chi connectivity index (χ1v) is 14.4. The fourth-order valence-electron chi connectivity index (χ4n) is 5.78. The maximum absolute atomic E-state index is 6.39. The summed E-state index contributed by atoms with van der Waals surface area (Å²) in [5.41, 5.74) is 11.6. The molecule has 0 fully saturated rings. The number of para-hydroxylation sites is 2. The number of hydrogen-bond acceptors (Lipinski definition) is 3. The molecule has 1 aromatic heterocycles. The summed E-state index contributed by atoms with van der Waals surface area (Å²) in [6.07, 6.45) is 0. The standard InChI is InChI=1S/C40H26N2O/c1-3-12-27(13-4-1)36-26-37(42-40(41-36)28-14-5-2-6-15-28)31-17-11-16-29(24-31)30-22-23-32-33-18-7-9-20-38(33)43-39-21-10-8-19-34(39)35(32)25-30/h1-26H. The molecule has 0 unspecified atom stereocenters. The first kappa shape index (κ1) is 25.0. The Morgan fingerprint density at radius 1 is 0.326 bits per heavy atom. The van der Waals surface area contributed by atoms with Crippen molar-refractivity contribution in [3.8, 4) is 78.8 Å². The van der Waals surface area contributed by atoms with Gasteiger partial charge in [0.15, 0.2) is 5.82 Å². The van der Waals surface area contributed by atoms with Crippen molar-refractivity contribution in [3.05, 3.63) is 158 Å². The molecule has 0 radical (unpaired) electrons. The van der Waals surface area contributed by atoms with Crippen LogP contribution < -0.4 is 4.74 Å². The van der Waals surface area contributed by atoms with Crippen molar-refractivity contribution in [2.24, 2.45) is 0 Å². The minimum Gasteiger partial charge on any atom is -0.456 e. The monoisotopic (exact) mass is 550 g/mol. The third-order valence-corrected chi connectivity index (χ3v) is 7.91. The molecule has 202 valence electrons. The van der Waals surface area contributed by atoms with E-state index in [9.17, 15) is 0 Å². The van der Waals surface area contributed by atoms with Gasteiger partial charge in [-0.05, 0) is 52.6 Å². The quantitative estimate of drug-likeness (QED) is 0.219. The van der Waals surface area contributed by atoms with Gasteiger partial charge in [-0.3, -0.25) is 0 Å². The molecule has 1 aliphatic rings. The Morgan fingerprint density at radius 3 is 1.58 bits per heavy atom. The smallest absolute Gasteiger partial charge is 0.160 e. The minimum absolute atomic E-state index is 0.711. The van der Waals surface area contributed by atoms with Gasteiger partial charge < -0.3 is 4.74 Å². The molecule has 3 nitrogen and oxygen atoms in total. The minimum atomic E-state index is 0.711. The van der Waals surface area contributed by atoms with E-state index < -0.39 is 0 Å². The Labute approximate surface area is 250 Å². The number of fused-ring (bicyclic) bond motifs is 5. The highest BCUT2D eigenvalue weighted by Crippen LogP contribution is 2.47. The fourth-order valence-corrected chi connectivity index (χ4v) is 5.78. The molecule has 6 aromatic carbocycles. The second kappa shape index (κ2) is 10.6. The van der Waals surface area contributed by atoms with Gasteiger partial charge in [-0.1, -0.05) is 127 Å². The van der Waals surface area contributed by atoms with E-state index in [1.54, 1.807) is 0 Å². The van der Waals surface area contributed by atoms with Crippen molar-refractivity contribution >= 4 is 0 Å². The number of aromatic nitrogens is 2. The van der Waals surface area contributed by atoms with Gasteiger partial charge in [-0.15, -0.1) is 0 Å². The summed E-state index contributed by atoms with van der Waals surface area (Å²) in [6, 6.07) is 54.4. The number of benzene rings is 6. The molecule has 0 saturated heterocycles. The number of hydrogen-bond donors (Lipinski definition) is 0. The topological polar surface area (TPSA) is 35.0 Å². The predicted molar refractivity (Wildman–Crippen MR) is 175 cm³/mol. The van der Waals surface area contributed by atoms with Gasteiger partial charge >= 0.3 is 0 Å². The second-order valence-corrected chi connectivity index (χ2v) is 10.6. The summed E-state index contributed by atoms with van der Waals surface area (Å²) >= 11 is 0. The SMILES string of the molecule is c1ccc(-c2cc(-c3cccc(-c4ccc5c(c4)-c4ccccc4Oc4ccccc4-5)c3)nc(-c3ccccc3)n2)cc1. The van der Waals surface area contributed by atoms with Gasteiger partial charge in [-0.2, -0.15) is 0 Å². The summed E-state index contributed by atoms with van der Waals surface area (Å²) < 4.78 is 6.39. The Balaban J connectivity index is 1.26. The summed E-state index contributed by atoms with van der Waals surface area (Å²) in [5, 5.41) is 0. The average Bonchev–Trinajstić information content (AvgIpc) is 3.23. The Kier molecular flexibility index (Phi) is 6.12. The highest BCUT2D eigenvalue weighted by Gasteiger charge is 2.21. The van der Waals surface area contributed by atoms with Crippen LogP contribution in [0.15, 0.2) is 158 Å². The van der Waals surface area contributed by atoms with E-state index in [2.05, 4.69) is 97.1 Å². The Hall–Kier alpha value is -5.80. The van der Waals surface area contributed by atoms with Gasteiger partial charge in [0.2, 0.25) is 0 Å². The van der Waals surface area contributed by atoms with E-state index in [1.807, 2.05) is 60.7 Å². The molecule has 0 atom stereocenters. The van der Waals surface area contributed by atoms with Crippen molar-refractivity contribution in [1.82, 2.24) is 9.97 Å². The third-order valence-electron chi connectivity index (χ3n) is 7.91. The van der Waals surface area contributed by atoms with E-state index in [0.29, 0.717) is 5.82 Å². The van der Waals surface area contributed by atoms with Crippen LogP contribution >= 0.6 is 0 Å². The second-order valence-electron chi connectivity index (χ2n) is 10.6. The molecule has 0 N–H and O–H groups in total. The number of rotatable bonds is 4. The van der Waals surface area contributed by atoms with Crippen LogP contribution in [0, 0.1) is 0 Å². The number of nitrogens with zero attached hydrogens (tertiary/aromatic N) is 2. The first-order valence-electron chi connectivity index (χ1n) is 14.4. The molecule has 7 aromatic rings. The number of ether oxygens (including phenoxy) is 1. The molecule has 0 amide bonds. The maximum Gasteiger partial charge on any atom is 0.160 e. The van der Waals surface area contributed by atoms with Crippen molar-refractivity contribution in [2.75, 3.05) is 0 Å². The summed E-state index contributed by atoms with van der Waals surface area (Å²) in [4.78, 5) is 10.00. The fraction of sp³-hybridized carbons (Fsp3) is 0. The molecule has 1 aliphatic heterocycles.